The van der Waals surface area contributed by atoms with E-state index in [0.29, 0.717) is 16.7 Å². The number of nitrogen functional groups attached to an aromatic ring is 2. The SMILES string of the molecule is CC(C)(C)C(=O)SCCOP(=O)(OCCSC(=O)C(C)(C)C)OC[C@H]1O[C@@](C#N)(c2ccc3c(N)ccnn23)[C@H](O)[C@@H]1O.N#C[C@@]1(c2ccc3c(N)ccnn23)O[C@H](COP(=O)(O)OP(=O)(O)OP(=O)(O)O)[C@@H](O)[C@H]1O. The first-order valence-electron chi connectivity index (χ1n) is 22.1. The molecule has 2 saturated heterocycles. The third-order valence-corrected chi connectivity index (χ3v) is 18.5. The zero-order chi connectivity index (χ0) is 57.0. The van der Waals surface area contributed by atoms with E-state index < -0.39 is 103 Å². The highest BCUT2D eigenvalue weighted by Gasteiger charge is 2.59. The molecule has 0 bridgehead atoms. The van der Waals surface area contributed by atoms with Gasteiger partial charge < -0.3 is 60.9 Å². The first-order chi connectivity index (χ1) is 35.1. The van der Waals surface area contributed by atoms with Crippen molar-refractivity contribution >= 4 is 87.5 Å². The van der Waals surface area contributed by atoms with E-state index in [1.165, 1.54) is 45.7 Å². The van der Waals surface area contributed by atoms with Crippen LogP contribution >= 0.6 is 54.8 Å². The highest BCUT2D eigenvalue weighted by Crippen LogP contribution is 2.66. The Bertz CT molecular complexity index is 3010. The highest BCUT2D eigenvalue weighted by molar-refractivity contribution is 8.14. The summed E-state index contributed by atoms with van der Waals surface area (Å²) >= 11 is 2.02. The minimum absolute atomic E-state index is 0.0420. The van der Waals surface area contributed by atoms with E-state index in [1.807, 2.05) is 6.07 Å². The van der Waals surface area contributed by atoms with Crippen LogP contribution in [0.15, 0.2) is 48.8 Å². The van der Waals surface area contributed by atoms with Crippen LogP contribution in [0.4, 0.5) is 11.4 Å². The number of nitrogens with zero attached hydrogens (tertiary/aromatic N) is 6. The van der Waals surface area contributed by atoms with Gasteiger partial charge in [0.15, 0.2) is 10.2 Å². The number of ether oxygens (including phenoxy) is 2. The van der Waals surface area contributed by atoms with Crippen molar-refractivity contribution in [2.45, 2.75) is 89.4 Å². The molecule has 0 saturated carbocycles. The van der Waals surface area contributed by atoms with Crippen LogP contribution in [0.5, 0.6) is 0 Å². The van der Waals surface area contributed by atoms with Crippen LogP contribution in [0.1, 0.15) is 52.9 Å². The van der Waals surface area contributed by atoms with Crippen molar-refractivity contribution < 1.29 is 104 Å². The van der Waals surface area contributed by atoms with Crippen molar-refractivity contribution in [2.24, 2.45) is 10.8 Å². The minimum atomic E-state index is -5.76. The van der Waals surface area contributed by atoms with E-state index in [1.54, 1.807) is 59.7 Å². The van der Waals surface area contributed by atoms with Gasteiger partial charge in [-0.15, -0.1) is 0 Å². The van der Waals surface area contributed by atoms with Gasteiger partial charge >= 0.3 is 31.3 Å². The Kier molecular flexibility index (Phi) is 20.2. The number of aliphatic hydroxyl groups is 4. The maximum Gasteiger partial charge on any atom is 0.490 e. The number of phosphoric acid groups is 4. The number of rotatable bonds is 20. The molecule has 2 fully saturated rings. The van der Waals surface area contributed by atoms with Crippen LogP contribution in [-0.2, 0) is 75.2 Å². The third kappa shape index (κ3) is 14.9. The molecule has 4 aromatic heterocycles. The lowest BCUT2D eigenvalue weighted by Gasteiger charge is -2.24. The third-order valence-electron chi connectivity index (χ3n) is 10.8. The molecule has 12 N–H and O–H groups in total. The number of fused-ring (bicyclic) bond motifs is 2. The van der Waals surface area contributed by atoms with Gasteiger partial charge in [-0.1, -0.05) is 65.1 Å². The number of anilines is 2. The van der Waals surface area contributed by atoms with Crippen molar-refractivity contribution in [1.82, 2.24) is 19.2 Å². The Morgan fingerprint density at radius 1 is 0.658 bits per heavy atom. The van der Waals surface area contributed by atoms with Crippen molar-refractivity contribution in [3.63, 3.8) is 0 Å². The Hall–Kier alpha value is -3.72. The maximum absolute atomic E-state index is 13.6. The molecule has 76 heavy (non-hydrogen) atoms. The molecule has 2 aliphatic heterocycles. The molecule has 6 heterocycles. The number of carbonyl (C=O) groups excluding carboxylic acids is 2. The van der Waals surface area contributed by atoms with Crippen LogP contribution in [0.2, 0.25) is 0 Å². The summed E-state index contributed by atoms with van der Waals surface area (Å²) in [5.41, 5.74) is 7.95. The number of carbonyl (C=O) groups is 2. The van der Waals surface area contributed by atoms with Gasteiger partial charge in [-0.3, -0.25) is 27.7 Å². The lowest BCUT2D eigenvalue weighted by Crippen LogP contribution is -2.41. The molecule has 0 radical (unpaired) electrons. The van der Waals surface area contributed by atoms with Gasteiger partial charge in [0.2, 0.25) is 11.2 Å². The Morgan fingerprint density at radius 2 is 1.05 bits per heavy atom. The Balaban J connectivity index is 0.000000290. The van der Waals surface area contributed by atoms with E-state index >= 15 is 0 Å². The number of nitriles is 2. The number of thioether (sulfide) groups is 2. The number of hydrogen-bond donors (Lipinski definition) is 10. The average molecular weight is 1190 g/mol. The van der Waals surface area contributed by atoms with E-state index in [4.69, 9.17) is 49.2 Å². The standard InChI is InChI=1S/C27H39N4O9PS2.C13H17N4O13P3/c1-25(2,3)23(34)42-13-11-37-41(36,38-12-14-43-24(35)26(4,5)6)39-15-19-21(32)22(33)27(16-28,40-19)20-8-7-18-17(29)9-10-30-31(18)20;14-6-13(10-2-1-8-7(15)3-4-16-17(8)10)12(19)11(18)9(28-13)5-27-32(23,24)30-33(25,26)29-31(20,21)22/h7-10,19,21-22,32-33H,11-15,29H2,1-6H3;1-4,9,11-12,18-19H,5,15H2,(H,23,24)(H,25,26)(H2,20,21,22)/t19-,21-,22-,27+;9-,11-,12-,13+/m11/s1. The quantitative estimate of drug-likeness (QED) is 0.0449. The van der Waals surface area contributed by atoms with Crippen molar-refractivity contribution in [3.8, 4) is 12.1 Å². The van der Waals surface area contributed by atoms with E-state index in [0.717, 1.165) is 23.5 Å². The molecule has 10 atom stereocenters. The zero-order valence-electron chi connectivity index (χ0n) is 41.1. The fourth-order valence-electron chi connectivity index (χ4n) is 7.02. The minimum Gasteiger partial charge on any atom is -0.397 e. The van der Waals surface area contributed by atoms with Gasteiger partial charge in [0.1, 0.15) is 48.8 Å². The highest BCUT2D eigenvalue weighted by atomic mass is 32.2. The summed E-state index contributed by atoms with van der Waals surface area (Å²) in [5.74, 6) is 0.334. The van der Waals surface area contributed by atoms with Gasteiger partial charge in [-0.05, 0) is 36.4 Å². The summed E-state index contributed by atoms with van der Waals surface area (Å²) in [6.45, 7) is 8.68. The first kappa shape index (κ1) is 63.1. The lowest BCUT2D eigenvalue weighted by atomic mass is 9.92. The molecular formula is C40H56N8O22P4S2. The maximum atomic E-state index is 13.6. The lowest BCUT2D eigenvalue weighted by molar-refractivity contribution is -0.118. The number of aliphatic hydroxyl groups excluding tert-OH is 4. The average Bonchev–Trinajstić information content (AvgIpc) is 4.07. The fraction of sp³-hybridized carbons (Fsp3) is 0.550. The van der Waals surface area contributed by atoms with E-state index in [-0.39, 0.29) is 52.0 Å². The van der Waals surface area contributed by atoms with Gasteiger partial charge in [-0.2, -0.15) is 29.3 Å². The first-order valence-corrected chi connectivity index (χ1v) is 30.0. The summed E-state index contributed by atoms with van der Waals surface area (Å²) < 4.78 is 89.4. The molecule has 0 spiro atoms. The second-order valence-corrected chi connectivity index (χ2v) is 26.8. The van der Waals surface area contributed by atoms with Crippen molar-refractivity contribution in [3.05, 3.63) is 60.2 Å². The second-order valence-electron chi connectivity index (χ2n) is 18.6. The predicted molar refractivity (Wildman–Crippen MR) is 267 cm³/mol. The van der Waals surface area contributed by atoms with Crippen LogP contribution < -0.4 is 11.5 Å². The summed E-state index contributed by atoms with van der Waals surface area (Å²) in [5, 5.41) is 70.6. The van der Waals surface area contributed by atoms with Crippen LogP contribution in [-0.4, -0.2) is 144 Å². The van der Waals surface area contributed by atoms with Gasteiger partial charge in [-0.25, -0.2) is 27.3 Å². The topological polar surface area (TPSA) is 472 Å². The van der Waals surface area contributed by atoms with E-state index in [2.05, 4.69) is 23.3 Å². The summed E-state index contributed by atoms with van der Waals surface area (Å²) in [6.07, 6.45) is -7.40. The molecule has 4 aromatic rings. The molecule has 0 amide bonds. The summed E-state index contributed by atoms with van der Waals surface area (Å²) in [7, 11) is -21.2. The van der Waals surface area contributed by atoms with Crippen molar-refractivity contribution in [1.29, 1.82) is 10.5 Å². The van der Waals surface area contributed by atoms with Crippen molar-refractivity contribution in [2.75, 3.05) is 49.4 Å². The number of nitrogens with two attached hydrogens (primary N) is 2. The molecule has 30 nitrogen and oxygen atoms in total. The number of aromatic nitrogens is 4. The second kappa shape index (κ2) is 24.3. The normalized spacial score (nSPS) is 25.8. The monoisotopic (exact) mass is 1190 g/mol. The molecule has 36 heteroatoms. The zero-order valence-corrected chi connectivity index (χ0v) is 46.3. The Labute approximate surface area is 441 Å². The number of phosphoric ester groups is 2. The smallest absolute Gasteiger partial charge is 0.397 e. The van der Waals surface area contributed by atoms with E-state index in [9.17, 15) is 63.7 Å². The van der Waals surface area contributed by atoms with Gasteiger partial charge in [0.05, 0.1) is 60.2 Å². The molecule has 420 valence electrons. The summed E-state index contributed by atoms with van der Waals surface area (Å²) in [6, 6.07) is 12.6. The van der Waals surface area contributed by atoms with Crippen LogP contribution in [0, 0.1) is 33.5 Å². The van der Waals surface area contributed by atoms with Crippen LogP contribution in [0.25, 0.3) is 11.0 Å². The van der Waals surface area contributed by atoms with Gasteiger partial charge in [0, 0.05) is 34.7 Å². The van der Waals surface area contributed by atoms with Crippen LogP contribution in [0.3, 0.4) is 0 Å². The largest absolute Gasteiger partial charge is 0.490 e. The molecule has 6 rings (SSSR count). The fourth-order valence-corrected chi connectivity index (χ4v) is 13.0. The Morgan fingerprint density at radius 3 is 1.42 bits per heavy atom. The predicted octanol–water partition coefficient (Wildman–Crippen LogP) is 2.62. The number of hydrogen-bond acceptors (Lipinski definition) is 26. The summed E-state index contributed by atoms with van der Waals surface area (Å²) in [4.78, 5) is 60.2. The molecule has 0 aromatic carbocycles. The molecule has 2 unspecified atom stereocenters. The molecular weight excluding hydrogens is 1130 g/mol. The molecule has 2 aliphatic rings. The molecule has 0 aliphatic carbocycles. The van der Waals surface area contributed by atoms with Gasteiger partial charge in [0.25, 0.3) is 0 Å².